The maximum absolute atomic E-state index is 9.11. The second kappa shape index (κ2) is 6.32. The van der Waals surface area contributed by atoms with Crippen molar-refractivity contribution in [1.82, 2.24) is 9.80 Å². The molecule has 13 heavy (non-hydrogen) atoms. The molecule has 0 aromatic carbocycles. The highest BCUT2D eigenvalue weighted by molar-refractivity contribution is 4.59. The van der Waals surface area contributed by atoms with E-state index in [1.165, 1.54) is 0 Å². The summed E-state index contributed by atoms with van der Waals surface area (Å²) in [6.45, 7) is 5.61. The van der Waals surface area contributed by atoms with Crippen molar-refractivity contribution in [3.8, 4) is 0 Å². The molecule has 0 saturated carbocycles. The smallest absolute Gasteiger partial charge is 0.0639 e. The maximum atomic E-state index is 9.11. The predicted molar refractivity (Wildman–Crippen MR) is 53.5 cm³/mol. The predicted octanol–water partition coefficient (Wildman–Crippen LogP) is -0.431. The molecule has 0 spiro atoms. The first-order chi connectivity index (χ1) is 5.91. The Balaban J connectivity index is 3.58. The van der Waals surface area contributed by atoms with Crippen LogP contribution >= 0.6 is 0 Å². The van der Waals surface area contributed by atoms with Gasteiger partial charge in [-0.05, 0) is 27.9 Å². The number of nitrogens with zero attached hydrogens (tertiary/aromatic N) is 2. The number of hydrogen-bond acceptors (Lipinski definition) is 4. The Morgan fingerprint density at radius 3 is 1.46 bits per heavy atom. The molecule has 0 rings (SSSR count). The molecule has 0 fully saturated rings. The van der Waals surface area contributed by atoms with Gasteiger partial charge in [0.1, 0.15) is 0 Å². The summed E-state index contributed by atoms with van der Waals surface area (Å²) in [7, 11) is 3.90. The van der Waals surface area contributed by atoms with Crippen molar-refractivity contribution >= 4 is 0 Å². The first kappa shape index (κ1) is 12.8. The van der Waals surface area contributed by atoms with Gasteiger partial charge >= 0.3 is 0 Å². The molecule has 2 unspecified atom stereocenters. The second-order valence-corrected chi connectivity index (χ2v) is 3.92. The normalized spacial score (nSPS) is 16.6. The Morgan fingerprint density at radius 2 is 1.23 bits per heavy atom. The number of hydrogen-bond donors (Lipinski definition) is 2. The third-order valence-electron chi connectivity index (χ3n) is 1.63. The molecule has 0 bridgehead atoms. The lowest BCUT2D eigenvalue weighted by Gasteiger charge is -2.26. The summed E-state index contributed by atoms with van der Waals surface area (Å²) < 4.78 is 0. The van der Waals surface area contributed by atoms with Crippen LogP contribution in [0.2, 0.25) is 0 Å². The SMILES string of the molecule is CC(O)CN(C)CN(C)CC(C)O. The van der Waals surface area contributed by atoms with Gasteiger partial charge in [-0.2, -0.15) is 0 Å². The zero-order valence-corrected chi connectivity index (χ0v) is 9.06. The average Bonchev–Trinajstić information content (AvgIpc) is 1.80. The van der Waals surface area contributed by atoms with Crippen molar-refractivity contribution in [3.63, 3.8) is 0 Å². The maximum Gasteiger partial charge on any atom is 0.0639 e. The Hall–Kier alpha value is -0.160. The summed E-state index contributed by atoms with van der Waals surface area (Å²) in [5, 5.41) is 18.2. The molecule has 0 aromatic rings. The largest absolute Gasteiger partial charge is 0.392 e. The first-order valence-electron chi connectivity index (χ1n) is 4.65. The fraction of sp³-hybridized carbons (Fsp3) is 1.00. The van der Waals surface area contributed by atoms with Gasteiger partial charge in [0.15, 0.2) is 0 Å². The minimum absolute atomic E-state index is 0.301. The van der Waals surface area contributed by atoms with Crippen LogP contribution in [0.1, 0.15) is 13.8 Å². The van der Waals surface area contributed by atoms with Gasteiger partial charge in [0.05, 0.1) is 18.9 Å². The van der Waals surface area contributed by atoms with Crippen LogP contribution < -0.4 is 0 Å². The van der Waals surface area contributed by atoms with E-state index in [4.69, 9.17) is 10.2 Å². The van der Waals surface area contributed by atoms with Gasteiger partial charge in [0.2, 0.25) is 0 Å². The van der Waals surface area contributed by atoms with E-state index in [9.17, 15) is 0 Å². The van der Waals surface area contributed by atoms with Crippen LogP contribution in [0.5, 0.6) is 0 Å². The Morgan fingerprint density at radius 1 is 0.923 bits per heavy atom. The molecule has 0 aromatic heterocycles. The molecule has 0 aliphatic heterocycles. The molecule has 0 saturated heterocycles. The van der Waals surface area contributed by atoms with E-state index in [-0.39, 0.29) is 12.2 Å². The van der Waals surface area contributed by atoms with Gasteiger partial charge in [0, 0.05) is 13.1 Å². The minimum Gasteiger partial charge on any atom is -0.392 e. The number of aliphatic hydroxyl groups excluding tert-OH is 2. The van der Waals surface area contributed by atoms with E-state index in [2.05, 4.69) is 0 Å². The van der Waals surface area contributed by atoms with E-state index in [0.29, 0.717) is 13.1 Å². The van der Waals surface area contributed by atoms with Gasteiger partial charge in [-0.3, -0.25) is 9.80 Å². The summed E-state index contributed by atoms with van der Waals surface area (Å²) in [6.07, 6.45) is -0.602. The molecule has 0 aliphatic carbocycles. The molecule has 4 heteroatoms. The van der Waals surface area contributed by atoms with E-state index in [1.807, 2.05) is 23.9 Å². The molecule has 4 nitrogen and oxygen atoms in total. The van der Waals surface area contributed by atoms with Gasteiger partial charge in [0.25, 0.3) is 0 Å². The fourth-order valence-corrected chi connectivity index (χ4v) is 1.43. The molecular weight excluding hydrogens is 168 g/mol. The van der Waals surface area contributed by atoms with E-state index in [0.717, 1.165) is 6.67 Å². The zero-order valence-electron chi connectivity index (χ0n) is 9.06. The Labute approximate surface area is 80.8 Å². The quantitative estimate of drug-likeness (QED) is 0.558. The highest BCUT2D eigenvalue weighted by Gasteiger charge is 2.07. The van der Waals surface area contributed by atoms with Crippen LogP contribution in [0.15, 0.2) is 0 Å². The minimum atomic E-state index is -0.301. The lowest BCUT2D eigenvalue weighted by atomic mass is 10.3. The molecule has 0 radical (unpaired) electrons. The molecule has 0 amide bonds. The van der Waals surface area contributed by atoms with Crippen molar-refractivity contribution in [3.05, 3.63) is 0 Å². The molecule has 0 aliphatic rings. The van der Waals surface area contributed by atoms with Crippen molar-refractivity contribution in [2.75, 3.05) is 33.9 Å². The molecule has 0 heterocycles. The van der Waals surface area contributed by atoms with Gasteiger partial charge in [-0.25, -0.2) is 0 Å². The van der Waals surface area contributed by atoms with Crippen LogP contribution in [-0.2, 0) is 0 Å². The van der Waals surface area contributed by atoms with E-state index < -0.39 is 0 Å². The first-order valence-corrected chi connectivity index (χ1v) is 4.65. The van der Waals surface area contributed by atoms with Crippen molar-refractivity contribution < 1.29 is 10.2 Å². The van der Waals surface area contributed by atoms with E-state index in [1.54, 1.807) is 13.8 Å². The standard InChI is InChI=1S/C9H22N2O2/c1-8(12)5-10(3)7-11(4)6-9(2)13/h8-9,12-13H,5-7H2,1-4H3. The fourth-order valence-electron chi connectivity index (χ4n) is 1.43. The van der Waals surface area contributed by atoms with Crippen LogP contribution in [0.25, 0.3) is 0 Å². The lowest BCUT2D eigenvalue weighted by Crippen LogP contribution is -2.39. The van der Waals surface area contributed by atoms with Crippen LogP contribution in [-0.4, -0.2) is 66.1 Å². The highest BCUT2D eigenvalue weighted by Crippen LogP contribution is 1.93. The molecule has 2 atom stereocenters. The van der Waals surface area contributed by atoms with Crippen molar-refractivity contribution in [2.45, 2.75) is 26.1 Å². The number of rotatable bonds is 6. The van der Waals surface area contributed by atoms with Gasteiger partial charge in [-0.1, -0.05) is 0 Å². The molecule has 2 N–H and O–H groups in total. The van der Waals surface area contributed by atoms with Crippen molar-refractivity contribution in [1.29, 1.82) is 0 Å². The second-order valence-electron chi connectivity index (χ2n) is 3.92. The van der Waals surface area contributed by atoms with Crippen LogP contribution in [0, 0.1) is 0 Å². The molecule has 80 valence electrons. The number of likely N-dealkylation sites (N-methyl/N-ethyl adjacent to an activating group) is 2. The summed E-state index contributed by atoms with van der Waals surface area (Å²) in [5.41, 5.74) is 0. The average molecular weight is 190 g/mol. The van der Waals surface area contributed by atoms with E-state index >= 15 is 0 Å². The number of aliphatic hydroxyl groups is 2. The third kappa shape index (κ3) is 8.18. The van der Waals surface area contributed by atoms with Crippen LogP contribution in [0.4, 0.5) is 0 Å². The summed E-state index contributed by atoms with van der Waals surface area (Å²) in [5.74, 6) is 0. The van der Waals surface area contributed by atoms with Gasteiger partial charge in [-0.15, -0.1) is 0 Å². The summed E-state index contributed by atoms with van der Waals surface area (Å²) in [6, 6.07) is 0. The lowest BCUT2D eigenvalue weighted by molar-refractivity contribution is 0.0794. The van der Waals surface area contributed by atoms with Crippen molar-refractivity contribution in [2.24, 2.45) is 0 Å². The van der Waals surface area contributed by atoms with Crippen LogP contribution in [0.3, 0.4) is 0 Å². The Bertz CT molecular complexity index is 115. The summed E-state index contributed by atoms with van der Waals surface area (Å²) in [4.78, 5) is 4.04. The monoisotopic (exact) mass is 190 g/mol. The topological polar surface area (TPSA) is 46.9 Å². The highest BCUT2D eigenvalue weighted by atomic mass is 16.3. The third-order valence-corrected chi connectivity index (χ3v) is 1.63. The zero-order chi connectivity index (χ0) is 10.4. The molecular formula is C9H22N2O2. The van der Waals surface area contributed by atoms with Gasteiger partial charge < -0.3 is 10.2 Å². The Kier molecular flexibility index (Phi) is 6.24. The summed E-state index contributed by atoms with van der Waals surface area (Å²) >= 11 is 0.